The summed E-state index contributed by atoms with van der Waals surface area (Å²) in [6, 6.07) is 10.1. The smallest absolute Gasteiger partial charge is 0.349 e. The number of hydrogen-bond donors (Lipinski definition) is 0. The monoisotopic (exact) mass is 493 g/mol. The molecule has 0 bridgehead atoms. The third-order valence-electron chi connectivity index (χ3n) is 5.68. The number of esters is 1. The number of fused-ring (bicyclic) bond motifs is 2. The van der Waals surface area contributed by atoms with Crippen LogP contribution in [0.5, 0.6) is 0 Å². The first-order valence-electron chi connectivity index (χ1n) is 11.5. The van der Waals surface area contributed by atoms with E-state index in [-0.39, 0.29) is 11.7 Å². The van der Waals surface area contributed by atoms with Crippen LogP contribution >= 0.6 is 22.7 Å². The zero-order valence-electron chi connectivity index (χ0n) is 19.6. The Kier molecular flexibility index (Phi) is 7.70. The molecule has 0 saturated carbocycles. The molecule has 34 heavy (non-hydrogen) atoms. The Balaban J connectivity index is 1.44. The van der Waals surface area contributed by atoms with Crippen molar-refractivity contribution in [1.29, 1.82) is 5.26 Å². The number of thiophene rings is 1. The van der Waals surface area contributed by atoms with Crippen molar-refractivity contribution in [2.75, 3.05) is 18.0 Å². The number of hydrogen-bond acceptors (Lipinski definition) is 9. The Bertz CT molecular complexity index is 1250. The van der Waals surface area contributed by atoms with Crippen LogP contribution < -0.4 is 4.90 Å². The lowest BCUT2D eigenvalue weighted by molar-refractivity contribution is -0.143. The van der Waals surface area contributed by atoms with Crippen molar-refractivity contribution in [2.24, 2.45) is 10.2 Å². The van der Waals surface area contributed by atoms with Gasteiger partial charge in [-0.3, -0.25) is 0 Å². The molecule has 1 aromatic carbocycles. The molecule has 1 unspecified atom stereocenters. The van der Waals surface area contributed by atoms with Crippen molar-refractivity contribution >= 4 is 60.8 Å². The number of aromatic nitrogens is 1. The fourth-order valence-corrected chi connectivity index (χ4v) is 5.86. The maximum Gasteiger partial charge on any atom is 0.349 e. The lowest BCUT2D eigenvalue weighted by Crippen LogP contribution is -2.18. The summed E-state index contributed by atoms with van der Waals surface area (Å²) in [4.78, 5) is 20.8. The Morgan fingerprint density at radius 2 is 2.18 bits per heavy atom. The summed E-state index contributed by atoms with van der Waals surface area (Å²) in [5.74, 6) is -0.582. The highest BCUT2D eigenvalue weighted by Crippen LogP contribution is 2.36. The molecule has 7 nitrogen and oxygen atoms in total. The number of anilines is 1. The minimum Gasteiger partial charge on any atom is -0.459 e. The molecule has 1 aliphatic rings. The second kappa shape index (κ2) is 10.9. The minimum absolute atomic E-state index is 0.00425. The van der Waals surface area contributed by atoms with Gasteiger partial charge in [-0.25, -0.2) is 9.78 Å². The predicted octanol–water partition coefficient (Wildman–Crippen LogP) is 7.18. The summed E-state index contributed by atoms with van der Waals surface area (Å²) in [5, 5.41) is 18.7. The number of carbonyl (C=O) groups excluding carboxylic acids is 1. The molecule has 176 valence electrons. The van der Waals surface area contributed by atoms with Crippen LogP contribution in [0.2, 0.25) is 0 Å². The number of carbonyl (C=O) groups is 1. The van der Waals surface area contributed by atoms with Crippen molar-refractivity contribution < 1.29 is 9.53 Å². The van der Waals surface area contributed by atoms with Crippen LogP contribution in [0.15, 0.2) is 40.1 Å². The number of nitrogens with zero attached hydrogens (tertiary/aromatic N) is 5. The van der Waals surface area contributed by atoms with Crippen LogP contribution in [0.25, 0.3) is 15.6 Å². The molecule has 0 radical (unpaired) electrons. The third-order valence-corrected chi connectivity index (χ3v) is 7.68. The number of rotatable bonds is 9. The molecule has 3 aromatic rings. The van der Waals surface area contributed by atoms with Gasteiger partial charge in [0.25, 0.3) is 0 Å². The van der Waals surface area contributed by atoms with Crippen molar-refractivity contribution in [2.45, 2.75) is 52.6 Å². The fraction of sp³-hybridized carbons (Fsp3) is 0.400. The Morgan fingerprint density at radius 3 is 2.91 bits per heavy atom. The van der Waals surface area contributed by atoms with Gasteiger partial charge in [-0.2, -0.15) is 5.26 Å². The third kappa shape index (κ3) is 5.51. The molecule has 0 saturated heterocycles. The van der Waals surface area contributed by atoms with Gasteiger partial charge in [-0.05, 0) is 62.6 Å². The van der Waals surface area contributed by atoms with E-state index in [1.54, 1.807) is 6.08 Å². The van der Waals surface area contributed by atoms with Crippen molar-refractivity contribution in [3.63, 3.8) is 0 Å². The summed E-state index contributed by atoms with van der Waals surface area (Å²) < 4.78 is 6.34. The van der Waals surface area contributed by atoms with Gasteiger partial charge in [0.2, 0.25) is 5.13 Å². The molecule has 9 heteroatoms. The number of nitriles is 1. The van der Waals surface area contributed by atoms with E-state index in [0.717, 1.165) is 58.9 Å². The van der Waals surface area contributed by atoms with Gasteiger partial charge in [0, 0.05) is 23.7 Å². The van der Waals surface area contributed by atoms with E-state index < -0.39 is 5.97 Å². The van der Waals surface area contributed by atoms with Crippen LogP contribution in [0.1, 0.15) is 50.5 Å². The zero-order valence-corrected chi connectivity index (χ0v) is 21.2. The molecule has 0 N–H and O–H groups in total. The quantitative estimate of drug-likeness (QED) is 0.136. The SMILES string of the molecule is CCCCC(C)OC(=O)/C(C#N)=C/c1cc2sc(/N=N/c3ccc4c(c3)CCN4CC)nc2s1. The van der Waals surface area contributed by atoms with E-state index in [9.17, 15) is 10.1 Å². The second-order valence-electron chi connectivity index (χ2n) is 8.19. The molecular formula is C25H27N5O2S2. The van der Waals surface area contributed by atoms with Crippen LogP contribution in [0, 0.1) is 11.3 Å². The lowest BCUT2D eigenvalue weighted by atomic mass is 10.1. The van der Waals surface area contributed by atoms with Crippen LogP contribution in [-0.2, 0) is 16.0 Å². The summed E-state index contributed by atoms with van der Waals surface area (Å²) >= 11 is 2.84. The van der Waals surface area contributed by atoms with E-state index in [2.05, 4.69) is 46.1 Å². The fourth-order valence-electron chi connectivity index (χ4n) is 3.88. The van der Waals surface area contributed by atoms with Crippen molar-refractivity contribution in [3.05, 3.63) is 40.3 Å². The van der Waals surface area contributed by atoms with Gasteiger partial charge in [0.15, 0.2) is 0 Å². The summed E-state index contributed by atoms with van der Waals surface area (Å²) in [7, 11) is 0. The topological polar surface area (TPSA) is 90.9 Å². The molecule has 2 aromatic heterocycles. The number of unbranched alkanes of at least 4 members (excludes halogenated alkanes) is 1. The molecule has 3 heterocycles. The van der Waals surface area contributed by atoms with E-state index in [0.29, 0.717) is 5.13 Å². The van der Waals surface area contributed by atoms with Crippen LogP contribution in [0.3, 0.4) is 0 Å². The maximum atomic E-state index is 12.3. The lowest BCUT2D eigenvalue weighted by Gasteiger charge is -2.16. The van der Waals surface area contributed by atoms with Gasteiger partial charge in [0.1, 0.15) is 16.5 Å². The van der Waals surface area contributed by atoms with Gasteiger partial charge < -0.3 is 9.64 Å². The molecule has 0 amide bonds. The normalized spacial score (nSPS) is 14.5. The molecule has 1 aliphatic heterocycles. The number of azo groups is 1. The van der Waals surface area contributed by atoms with Crippen LogP contribution in [-0.4, -0.2) is 30.1 Å². The first-order valence-corrected chi connectivity index (χ1v) is 13.2. The summed E-state index contributed by atoms with van der Waals surface area (Å²) in [6.07, 6.45) is 5.21. The number of likely N-dealkylation sites (N-methyl/N-ethyl adjacent to an activating group) is 1. The van der Waals surface area contributed by atoms with E-state index in [1.165, 1.54) is 33.9 Å². The molecule has 0 aliphatic carbocycles. The Hall–Kier alpha value is -3.09. The van der Waals surface area contributed by atoms with Crippen molar-refractivity contribution in [3.8, 4) is 6.07 Å². The maximum absolute atomic E-state index is 12.3. The van der Waals surface area contributed by atoms with Gasteiger partial charge in [-0.1, -0.05) is 31.1 Å². The highest BCUT2D eigenvalue weighted by molar-refractivity contribution is 7.29. The standard InChI is InChI=1S/C25H27N5O2S2/c1-4-6-7-16(3)32-24(31)18(15-26)13-20-14-22-23(33-20)27-25(34-22)29-28-19-8-9-21-17(12-19)10-11-30(21)5-2/h8-9,12-14,16H,4-7,10-11H2,1-3H3/b18-13+,29-28+. The first-order chi connectivity index (χ1) is 16.5. The van der Waals surface area contributed by atoms with E-state index >= 15 is 0 Å². The molecule has 0 fully saturated rings. The predicted molar refractivity (Wildman–Crippen MR) is 138 cm³/mol. The van der Waals surface area contributed by atoms with E-state index in [4.69, 9.17) is 4.74 Å². The molecule has 0 spiro atoms. The Morgan fingerprint density at radius 1 is 1.32 bits per heavy atom. The highest BCUT2D eigenvalue weighted by atomic mass is 32.1. The van der Waals surface area contributed by atoms with Crippen LogP contribution in [0.4, 0.5) is 16.5 Å². The average Bonchev–Trinajstić information content (AvgIpc) is 3.52. The van der Waals surface area contributed by atoms with Gasteiger partial charge in [-0.15, -0.1) is 21.6 Å². The average molecular weight is 494 g/mol. The largest absolute Gasteiger partial charge is 0.459 e. The zero-order chi connectivity index (χ0) is 24.1. The van der Waals surface area contributed by atoms with E-state index in [1.807, 2.05) is 25.1 Å². The number of thiazole rings is 1. The van der Waals surface area contributed by atoms with Crippen molar-refractivity contribution in [1.82, 2.24) is 4.98 Å². The van der Waals surface area contributed by atoms with Gasteiger partial charge in [0.05, 0.1) is 16.5 Å². The molecule has 4 rings (SSSR count). The second-order valence-corrected chi connectivity index (χ2v) is 10.3. The highest BCUT2D eigenvalue weighted by Gasteiger charge is 2.18. The van der Waals surface area contributed by atoms with Gasteiger partial charge >= 0.3 is 5.97 Å². The molecule has 1 atom stereocenters. The molecular weight excluding hydrogens is 466 g/mol. The first kappa shape index (κ1) is 24.0. The Labute approximate surface area is 207 Å². The minimum atomic E-state index is -0.582. The summed E-state index contributed by atoms with van der Waals surface area (Å²) in [6.45, 7) is 8.17. The number of ether oxygens (including phenoxy) is 1. The summed E-state index contributed by atoms with van der Waals surface area (Å²) in [5.41, 5.74) is 3.41. The number of benzene rings is 1.